The first-order chi connectivity index (χ1) is 6.36. The van der Waals surface area contributed by atoms with Crippen LogP contribution in [0.3, 0.4) is 0 Å². The van der Waals surface area contributed by atoms with E-state index in [0.717, 1.165) is 19.3 Å². The molecular formula is C13H18. The lowest BCUT2D eigenvalue weighted by Crippen LogP contribution is -1.85. The molecule has 1 aromatic rings. The van der Waals surface area contributed by atoms with Gasteiger partial charge in [-0.15, -0.1) is 0 Å². The lowest BCUT2D eigenvalue weighted by molar-refractivity contribution is 0.994. The van der Waals surface area contributed by atoms with Crippen LogP contribution in [0.4, 0.5) is 0 Å². The summed E-state index contributed by atoms with van der Waals surface area (Å²) in [5.74, 6) is 0. The van der Waals surface area contributed by atoms with Crippen LogP contribution in [0.2, 0.25) is 0 Å². The highest BCUT2D eigenvalue weighted by molar-refractivity contribution is 5.22. The standard InChI is InChI=1S/C13H18/c1-3-5-6-7-13-10-8-12(4-2)9-11-13/h3,5,8-11H,4,6-7H2,1-2H3/b5-3-. The van der Waals surface area contributed by atoms with Crippen molar-refractivity contribution in [3.05, 3.63) is 47.5 Å². The van der Waals surface area contributed by atoms with E-state index >= 15 is 0 Å². The molecule has 0 N–H and O–H groups in total. The van der Waals surface area contributed by atoms with Crippen molar-refractivity contribution >= 4 is 0 Å². The second kappa shape index (κ2) is 5.58. The number of allylic oxidation sites excluding steroid dienone is 2. The van der Waals surface area contributed by atoms with Gasteiger partial charge in [0.1, 0.15) is 0 Å². The molecule has 0 radical (unpaired) electrons. The van der Waals surface area contributed by atoms with E-state index in [1.54, 1.807) is 0 Å². The molecule has 1 rings (SSSR count). The monoisotopic (exact) mass is 174 g/mol. The van der Waals surface area contributed by atoms with Crippen molar-refractivity contribution in [2.75, 3.05) is 0 Å². The van der Waals surface area contributed by atoms with Gasteiger partial charge in [-0.25, -0.2) is 0 Å². The van der Waals surface area contributed by atoms with Crippen molar-refractivity contribution in [3.63, 3.8) is 0 Å². The van der Waals surface area contributed by atoms with Crippen LogP contribution < -0.4 is 0 Å². The Morgan fingerprint density at radius 2 is 1.69 bits per heavy atom. The first kappa shape index (κ1) is 10.0. The second-order valence-electron chi connectivity index (χ2n) is 3.28. The topological polar surface area (TPSA) is 0 Å². The summed E-state index contributed by atoms with van der Waals surface area (Å²) in [5.41, 5.74) is 2.87. The second-order valence-corrected chi connectivity index (χ2v) is 3.28. The Kier molecular flexibility index (Phi) is 4.31. The molecule has 0 nitrogen and oxygen atoms in total. The van der Waals surface area contributed by atoms with E-state index in [1.165, 1.54) is 11.1 Å². The lowest BCUT2D eigenvalue weighted by Gasteiger charge is -2.00. The van der Waals surface area contributed by atoms with Crippen LogP contribution in [-0.4, -0.2) is 0 Å². The van der Waals surface area contributed by atoms with E-state index in [2.05, 4.69) is 50.3 Å². The summed E-state index contributed by atoms with van der Waals surface area (Å²) < 4.78 is 0. The molecule has 70 valence electrons. The minimum absolute atomic E-state index is 1.13. The van der Waals surface area contributed by atoms with Crippen molar-refractivity contribution in [2.45, 2.75) is 33.1 Å². The van der Waals surface area contributed by atoms with Gasteiger partial charge in [0.15, 0.2) is 0 Å². The van der Waals surface area contributed by atoms with E-state index in [0.29, 0.717) is 0 Å². The molecule has 0 spiro atoms. The van der Waals surface area contributed by atoms with E-state index in [-0.39, 0.29) is 0 Å². The van der Waals surface area contributed by atoms with Gasteiger partial charge >= 0.3 is 0 Å². The number of rotatable bonds is 4. The molecular weight excluding hydrogens is 156 g/mol. The SMILES string of the molecule is C/C=C\CCc1ccc(CC)cc1. The normalized spacial score (nSPS) is 10.9. The van der Waals surface area contributed by atoms with Crippen molar-refractivity contribution in [3.8, 4) is 0 Å². The molecule has 0 aliphatic rings. The summed E-state index contributed by atoms with van der Waals surface area (Å²) >= 11 is 0. The average molecular weight is 174 g/mol. The largest absolute Gasteiger partial charge is 0.0917 e. The quantitative estimate of drug-likeness (QED) is 0.610. The van der Waals surface area contributed by atoms with Gasteiger partial charge in [0, 0.05) is 0 Å². The number of hydrogen-bond donors (Lipinski definition) is 0. The highest BCUT2D eigenvalue weighted by atomic mass is 14.0. The van der Waals surface area contributed by atoms with Gasteiger partial charge in [-0.2, -0.15) is 0 Å². The Hall–Kier alpha value is -1.04. The minimum atomic E-state index is 1.13. The Morgan fingerprint density at radius 1 is 1.08 bits per heavy atom. The zero-order valence-corrected chi connectivity index (χ0v) is 8.59. The van der Waals surface area contributed by atoms with E-state index in [4.69, 9.17) is 0 Å². The molecule has 0 saturated heterocycles. The van der Waals surface area contributed by atoms with Crippen molar-refractivity contribution < 1.29 is 0 Å². The molecule has 0 bridgehead atoms. The van der Waals surface area contributed by atoms with E-state index < -0.39 is 0 Å². The molecule has 0 heteroatoms. The summed E-state index contributed by atoms with van der Waals surface area (Å²) in [6.45, 7) is 4.26. The molecule has 0 aliphatic carbocycles. The summed E-state index contributed by atoms with van der Waals surface area (Å²) in [7, 11) is 0. The van der Waals surface area contributed by atoms with Gasteiger partial charge in [0.05, 0.1) is 0 Å². The van der Waals surface area contributed by atoms with Gasteiger partial charge in [-0.05, 0) is 37.3 Å². The van der Waals surface area contributed by atoms with Crippen LogP contribution in [0.25, 0.3) is 0 Å². The fraction of sp³-hybridized carbons (Fsp3) is 0.385. The first-order valence-corrected chi connectivity index (χ1v) is 5.05. The summed E-state index contributed by atoms with van der Waals surface area (Å²) in [5, 5.41) is 0. The number of benzene rings is 1. The summed E-state index contributed by atoms with van der Waals surface area (Å²) in [6.07, 6.45) is 7.78. The van der Waals surface area contributed by atoms with Crippen LogP contribution in [0.5, 0.6) is 0 Å². The zero-order chi connectivity index (χ0) is 9.52. The Balaban J connectivity index is 2.49. The number of aryl methyl sites for hydroxylation is 2. The highest BCUT2D eigenvalue weighted by Crippen LogP contribution is 2.07. The third-order valence-electron chi connectivity index (χ3n) is 2.27. The molecule has 0 saturated carbocycles. The van der Waals surface area contributed by atoms with Gasteiger partial charge in [-0.1, -0.05) is 43.3 Å². The Labute approximate surface area is 81.3 Å². The fourth-order valence-electron chi connectivity index (χ4n) is 1.36. The zero-order valence-electron chi connectivity index (χ0n) is 8.59. The molecule has 0 fully saturated rings. The fourth-order valence-corrected chi connectivity index (χ4v) is 1.36. The Bertz CT molecular complexity index is 254. The maximum atomic E-state index is 2.24. The molecule has 1 aromatic carbocycles. The maximum Gasteiger partial charge on any atom is -0.0244 e. The third kappa shape index (κ3) is 3.45. The van der Waals surface area contributed by atoms with Crippen LogP contribution >= 0.6 is 0 Å². The minimum Gasteiger partial charge on any atom is -0.0917 e. The van der Waals surface area contributed by atoms with Crippen LogP contribution in [0.1, 0.15) is 31.4 Å². The lowest BCUT2D eigenvalue weighted by atomic mass is 10.1. The van der Waals surface area contributed by atoms with E-state index in [1.807, 2.05) is 0 Å². The predicted octanol–water partition coefficient (Wildman–Crippen LogP) is 3.76. The van der Waals surface area contributed by atoms with Gasteiger partial charge < -0.3 is 0 Å². The smallest absolute Gasteiger partial charge is 0.0244 e. The Morgan fingerprint density at radius 3 is 2.23 bits per heavy atom. The van der Waals surface area contributed by atoms with Gasteiger partial charge in [0.25, 0.3) is 0 Å². The predicted molar refractivity (Wildman–Crippen MR) is 59.0 cm³/mol. The van der Waals surface area contributed by atoms with E-state index in [9.17, 15) is 0 Å². The van der Waals surface area contributed by atoms with Crippen LogP contribution in [-0.2, 0) is 12.8 Å². The van der Waals surface area contributed by atoms with Gasteiger partial charge in [-0.3, -0.25) is 0 Å². The van der Waals surface area contributed by atoms with Gasteiger partial charge in [0.2, 0.25) is 0 Å². The molecule has 0 heterocycles. The summed E-state index contributed by atoms with van der Waals surface area (Å²) in [4.78, 5) is 0. The summed E-state index contributed by atoms with van der Waals surface area (Å²) in [6, 6.07) is 8.93. The molecule has 0 atom stereocenters. The highest BCUT2D eigenvalue weighted by Gasteiger charge is 1.91. The number of hydrogen-bond acceptors (Lipinski definition) is 0. The molecule has 13 heavy (non-hydrogen) atoms. The van der Waals surface area contributed by atoms with Crippen molar-refractivity contribution in [2.24, 2.45) is 0 Å². The van der Waals surface area contributed by atoms with Crippen molar-refractivity contribution in [1.29, 1.82) is 0 Å². The molecule has 0 aromatic heterocycles. The third-order valence-corrected chi connectivity index (χ3v) is 2.27. The molecule has 0 amide bonds. The van der Waals surface area contributed by atoms with Crippen LogP contribution in [0.15, 0.2) is 36.4 Å². The first-order valence-electron chi connectivity index (χ1n) is 5.05. The average Bonchev–Trinajstić information content (AvgIpc) is 2.19. The van der Waals surface area contributed by atoms with Crippen LogP contribution in [0, 0.1) is 0 Å². The molecule has 0 unspecified atom stereocenters. The maximum absolute atomic E-state index is 2.24. The molecule has 0 aliphatic heterocycles. The van der Waals surface area contributed by atoms with Crippen molar-refractivity contribution in [1.82, 2.24) is 0 Å².